The third-order valence-electron chi connectivity index (χ3n) is 2.36. The first kappa shape index (κ1) is 15.7. The molecule has 0 aliphatic rings. The predicted octanol–water partition coefficient (Wildman–Crippen LogP) is 3.85. The lowest BCUT2D eigenvalue weighted by Crippen LogP contribution is -2.27. The number of hydrogen-bond donors (Lipinski definition) is 2. The van der Waals surface area contributed by atoms with Gasteiger partial charge in [0.15, 0.2) is 0 Å². The molecule has 3 nitrogen and oxygen atoms in total. The Morgan fingerprint density at radius 2 is 1.83 bits per heavy atom. The third kappa shape index (κ3) is 5.08. The predicted molar refractivity (Wildman–Crippen MR) is 83.0 cm³/mol. The highest BCUT2D eigenvalue weighted by Gasteiger charge is 2.10. The molecule has 0 atom stereocenters. The molecule has 0 fully saturated rings. The van der Waals surface area contributed by atoms with E-state index in [1.54, 1.807) is 0 Å². The number of halogens is 2. The summed E-state index contributed by atoms with van der Waals surface area (Å²) in [4.78, 5) is 11.8. The summed E-state index contributed by atoms with van der Waals surface area (Å²) in [6, 6.07) is 4.36. The van der Waals surface area contributed by atoms with E-state index in [0.29, 0.717) is 19.0 Å². The number of amides is 1. The summed E-state index contributed by atoms with van der Waals surface area (Å²) >= 11 is 6.91. The van der Waals surface area contributed by atoms with Crippen molar-refractivity contribution in [2.24, 2.45) is 0 Å². The van der Waals surface area contributed by atoms with Crippen molar-refractivity contribution in [1.29, 1.82) is 0 Å². The molecule has 1 aromatic carbocycles. The second-order valence-corrected chi connectivity index (χ2v) is 6.22. The molecule has 2 N–H and O–H groups in total. The van der Waals surface area contributed by atoms with Gasteiger partial charge in [-0.25, -0.2) is 0 Å². The highest BCUT2D eigenvalue weighted by Crippen LogP contribution is 2.32. The van der Waals surface area contributed by atoms with Crippen molar-refractivity contribution >= 4 is 43.5 Å². The molecule has 5 heteroatoms. The molecule has 0 saturated heterocycles. The molecule has 1 amide bonds. The molecule has 0 aliphatic heterocycles. The van der Waals surface area contributed by atoms with Crippen molar-refractivity contribution < 1.29 is 4.79 Å². The molecule has 0 aromatic heterocycles. The number of carbonyl (C=O) groups excluding carboxylic acids is 1. The lowest BCUT2D eigenvalue weighted by molar-refractivity contribution is -0.116. The lowest BCUT2D eigenvalue weighted by atomic mass is 10.2. The molecular formula is C13H18Br2N2O. The maximum atomic E-state index is 11.8. The first-order valence-corrected chi connectivity index (χ1v) is 7.47. The number of anilines is 1. The number of aryl methyl sites for hydroxylation is 1. The van der Waals surface area contributed by atoms with Crippen LogP contribution in [0.4, 0.5) is 5.69 Å². The topological polar surface area (TPSA) is 41.1 Å². The van der Waals surface area contributed by atoms with E-state index in [9.17, 15) is 4.79 Å². The first-order valence-electron chi connectivity index (χ1n) is 5.89. The van der Waals surface area contributed by atoms with E-state index in [1.807, 2.05) is 19.1 Å². The van der Waals surface area contributed by atoms with E-state index < -0.39 is 0 Å². The third-order valence-corrected chi connectivity index (χ3v) is 3.61. The maximum absolute atomic E-state index is 11.8. The number of benzene rings is 1. The van der Waals surface area contributed by atoms with E-state index in [1.165, 1.54) is 0 Å². The molecular weight excluding hydrogens is 360 g/mol. The Morgan fingerprint density at radius 3 is 2.33 bits per heavy atom. The fraction of sp³-hybridized carbons (Fsp3) is 0.462. The SMILES string of the molecule is Cc1cc(Br)c(NC(=O)CCNC(C)C)c(Br)c1. The summed E-state index contributed by atoms with van der Waals surface area (Å²) < 4.78 is 1.78. The van der Waals surface area contributed by atoms with Gasteiger partial charge < -0.3 is 10.6 Å². The van der Waals surface area contributed by atoms with Gasteiger partial charge in [-0.1, -0.05) is 13.8 Å². The van der Waals surface area contributed by atoms with Crippen molar-refractivity contribution in [1.82, 2.24) is 5.32 Å². The van der Waals surface area contributed by atoms with Crippen LogP contribution in [-0.4, -0.2) is 18.5 Å². The Bertz CT molecular complexity index is 410. The van der Waals surface area contributed by atoms with Gasteiger partial charge in [-0.3, -0.25) is 4.79 Å². The minimum absolute atomic E-state index is 0.00778. The van der Waals surface area contributed by atoms with Crippen LogP contribution in [0.5, 0.6) is 0 Å². The van der Waals surface area contributed by atoms with Gasteiger partial charge in [-0.15, -0.1) is 0 Å². The van der Waals surface area contributed by atoms with Gasteiger partial charge in [0.1, 0.15) is 0 Å². The van der Waals surface area contributed by atoms with Crippen LogP contribution in [0.25, 0.3) is 0 Å². The molecule has 1 rings (SSSR count). The number of rotatable bonds is 5. The van der Waals surface area contributed by atoms with Gasteiger partial charge >= 0.3 is 0 Å². The fourth-order valence-electron chi connectivity index (χ4n) is 1.50. The van der Waals surface area contributed by atoms with Gasteiger partial charge in [-0.05, 0) is 56.5 Å². The van der Waals surface area contributed by atoms with Gasteiger partial charge in [0, 0.05) is 28.0 Å². The smallest absolute Gasteiger partial charge is 0.225 e. The number of hydrogen-bond acceptors (Lipinski definition) is 2. The quantitative estimate of drug-likeness (QED) is 0.818. The highest BCUT2D eigenvalue weighted by molar-refractivity contribution is 9.11. The monoisotopic (exact) mass is 376 g/mol. The van der Waals surface area contributed by atoms with Crippen LogP contribution < -0.4 is 10.6 Å². The van der Waals surface area contributed by atoms with Gasteiger partial charge in [-0.2, -0.15) is 0 Å². The Kier molecular flexibility index (Phi) is 6.32. The van der Waals surface area contributed by atoms with Crippen LogP contribution in [0.2, 0.25) is 0 Å². The average Bonchev–Trinajstić information content (AvgIpc) is 2.22. The molecule has 18 heavy (non-hydrogen) atoms. The average molecular weight is 378 g/mol. The van der Waals surface area contributed by atoms with E-state index >= 15 is 0 Å². The van der Waals surface area contributed by atoms with Gasteiger partial charge in [0.05, 0.1) is 5.69 Å². The van der Waals surface area contributed by atoms with E-state index in [0.717, 1.165) is 20.2 Å². The Balaban J connectivity index is 2.59. The minimum atomic E-state index is 0.00778. The Hall–Kier alpha value is -0.390. The summed E-state index contributed by atoms with van der Waals surface area (Å²) in [5, 5.41) is 6.12. The molecule has 0 spiro atoms. The summed E-state index contributed by atoms with van der Waals surface area (Å²) in [7, 11) is 0. The zero-order chi connectivity index (χ0) is 13.7. The first-order chi connectivity index (χ1) is 8.40. The van der Waals surface area contributed by atoms with Crippen molar-refractivity contribution in [3.05, 3.63) is 26.6 Å². The van der Waals surface area contributed by atoms with Crippen LogP contribution in [0.15, 0.2) is 21.1 Å². The number of carbonyl (C=O) groups is 1. The maximum Gasteiger partial charge on any atom is 0.225 e. The largest absolute Gasteiger partial charge is 0.324 e. The number of nitrogens with one attached hydrogen (secondary N) is 2. The normalized spacial score (nSPS) is 10.8. The van der Waals surface area contributed by atoms with Gasteiger partial charge in [0.2, 0.25) is 5.91 Å². The molecule has 1 aromatic rings. The van der Waals surface area contributed by atoms with Crippen LogP contribution >= 0.6 is 31.9 Å². The zero-order valence-corrected chi connectivity index (χ0v) is 14.0. The molecule has 0 heterocycles. The summed E-state index contributed by atoms with van der Waals surface area (Å²) in [5.41, 5.74) is 1.92. The van der Waals surface area contributed by atoms with Crippen LogP contribution in [0, 0.1) is 6.92 Å². The van der Waals surface area contributed by atoms with Gasteiger partial charge in [0.25, 0.3) is 0 Å². The van der Waals surface area contributed by atoms with E-state index in [2.05, 4.69) is 56.3 Å². The minimum Gasteiger partial charge on any atom is -0.324 e. The molecule has 0 bridgehead atoms. The second kappa shape index (κ2) is 7.26. The van der Waals surface area contributed by atoms with Crippen molar-refractivity contribution in [2.75, 3.05) is 11.9 Å². The molecule has 0 saturated carbocycles. The highest BCUT2D eigenvalue weighted by atomic mass is 79.9. The molecule has 100 valence electrons. The van der Waals surface area contributed by atoms with Crippen molar-refractivity contribution in [3.8, 4) is 0 Å². The summed E-state index contributed by atoms with van der Waals surface area (Å²) in [6.07, 6.45) is 0.463. The van der Waals surface area contributed by atoms with Crippen LogP contribution in [0.3, 0.4) is 0 Å². The zero-order valence-electron chi connectivity index (χ0n) is 10.8. The molecule has 0 aliphatic carbocycles. The van der Waals surface area contributed by atoms with Crippen molar-refractivity contribution in [2.45, 2.75) is 33.2 Å². The van der Waals surface area contributed by atoms with Crippen LogP contribution in [-0.2, 0) is 4.79 Å². The molecule has 0 unspecified atom stereocenters. The molecule has 0 radical (unpaired) electrons. The second-order valence-electron chi connectivity index (χ2n) is 4.51. The van der Waals surface area contributed by atoms with Crippen molar-refractivity contribution in [3.63, 3.8) is 0 Å². The standard InChI is InChI=1S/C13H18Br2N2O/c1-8(2)16-5-4-12(18)17-13-10(14)6-9(3)7-11(13)15/h6-8,16H,4-5H2,1-3H3,(H,17,18). The Morgan fingerprint density at radius 1 is 1.28 bits per heavy atom. The summed E-state index contributed by atoms with van der Waals surface area (Å²) in [5.74, 6) is 0.00778. The lowest BCUT2D eigenvalue weighted by Gasteiger charge is -2.12. The van der Waals surface area contributed by atoms with Crippen LogP contribution in [0.1, 0.15) is 25.8 Å². The van der Waals surface area contributed by atoms with E-state index in [-0.39, 0.29) is 5.91 Å². The Labute approximate surface area is 125 Å². The fourth-order valence-corrected chi connectivity index (χ4v) is 3.11. The summed E-state index contributed by atoms with van der Waals surface area (Å²) in [6.45, 7) is 6.81. The van der Waals surface area contributed by atoms with E-state index in [4.69, 9.17) is 0 Å².